The van der Waals surface area contributed by atoms with Crippen LogP contribution in [0.1, 0.15) is 49.3 Å². The number of hydrogen-bond acceptors (Lipinski definition) is 4. The van der Waals surface area contributed by atoms with E-state index in [9.17, 15) is 18.8 Å². The topological polar surface area (TPSA) is 89.3 Å². The highest BCUT2D eigenvalue weighted by Crippen LogP contribution is 2.37. The Kier molecular flexibility index (Phi) is 6.82. The number of H-pyrrole nitrogens is 1. The van der Waals surface area contributed by atoms with Crippen LogP contribution in [0.15, 0.2) is 46.2 Å². The Labute approximate surface area is 220 Å². The van der Waals surface area contributed by atoms with E-state index in [2.05, 4.69) is 4.98 Å². The molecule has 0 saturated carbocycles. The average molecular weight is 521 g/mol. The van der Waals surface area contributed by atoms with Crippen LogP contribution in [0.2, 0.25) is 0 Å². The first kappa shape index (κ1) is 26.9. The van der Waals surface area contributed by atoms with Crippen LogP contribution in [0.5, 0.6) is 11.5 Å². The molecule has 0 unspecified atom stereocenters. The standard InChI is InChI=1S/C29H33FN4O4/c1-9-17-13-18(30)12-16(2)24(17)38-25-19(10-11-32(6)28(25)37)21-15-33(7)27(36)23-20(21)14-22(31-23)26(35)34(8)29(3,4)5/h10-15,31H,9H2,1-8H3. The Bertz CT molecular complexity index is 1690. The number of amides is 1. The summed E-state index contributed by atoms with van der Waals surface area (Å²) in [6, 6.07) is 6.13. The second-order valence-corrected chi connectivity index (χ2v) is 10.6. The molecule has 0 bridgehead atoms. The number of aryl methyl sites for hydroxylation is 4. The third kappa shape index (κ3) is 4.64. The van der Waals surface area contributed by atoms with Gasteiger partial charge in [-0.05, 0) is 69.5 Å². The highest BCUT2D eigenvalue weighted by atomic mass is 19.1. The number of halogens is 1. The number of ether oxygens (including phenoxy) is 1. The van der Waals surface area contributed by atoms with Crippen LogP contribution < -0.4 is 15.9 Å². The van der Waals surface area contributed by atoms with Crippen LogP contribution in [-0.4, -0.2) is 37.5 Å². The number of nitrogens with one attached hydrogen (secondary N) is 1. The molecule has 0 radical (unpaired) electrons. The third-order valence-corrected chi connectivity index (χ3v) is 6.92. The van der Waals surface area contributed by atoms with Crippen molar-refractivity contribution in [1.82, 2.24) is 19.0 Å². The predicted octanol–water partition coefficient (Wildman–Crippen LogP) is 4.91. The fourth-order valence-corrected chi connectivity index (χ4v) is 4.37. The lowest BCUT2D eigenvalue weighted by Crippen LogP contribution is -2.42. The van der Waals surface area contributed by atoms with Crippen molar-refractivity contribution in [3.8, 4) is 22.6 Å². The second kappa shape index (κ2) is 9.63. The van der Waals surface area contributed by atoms with Gasteiger partial charge in [-0.15, -0.1) is 0 Å². The van der Waals surface area contributed by atoms with E-state index >= 15 is 0 Å². The zero-order valence-electron chi connectivity index (χ0n) is 23.0. The first-order chi connectivity index (χ1) is 17.7. The first-order valence-corrected chi connectivity index (χ1v) is 12.4. The predicted molar refractivity (Wildman–Crippen MR) is 147 cm³/mol. The molecule has 3 aromatic heterocycles. The molecule has 0 aliphatic rings. The summed E-state index contributed by atoms with van der Waals surface area (Å²) in [5.41, 5.74) is 1.55. The van der Waals surface area contributed by atoms with E-state index in [0.29, 0.717) is 39.8 Å². The minimum absolute atomic E-state index is 0.0419. The summed E-state index contributed by atoms with van der Waals surface area (Å²) < 4.78 is 23.2. The van der Waals surface area contributed by atoms with Gasteiger partial charge in [-0.1, -0.05) is 6.92 Å². The lowest BCUT2D eigenvalue weighted by Gasteiger charge is -2.31. The van der Waals surface area contributed by atoms with E-state index in [1.54, 1.807) is 57.5 Å². The molecule has 1 aromatic carbocycles. The monoisotopic (exact) mass is 520 g/mol. The van der Waals surface area contributed by atoms with Crippen molar-refractivity contribution in [2.24, 2.45) is 14.1 Å². The molecule has 4 rings (SSSR count). The summed E-state index contributed by atoms with van der Waals surface area (Å²) in [5.74, 6) is -0.189. The number of aromatic nitrogens is 3. The number of aromatic amines is 1. The van der Waals surface area contributed by atoms with Crippen LogP contribution in [0.25, 0.3) is 22.0 Å². The summed E-state index contributed by atoms with van der Waals surface area (Å²) in [7, 11) is 4.93. The molecule has 8 nitrogen and oxygen atoms in total. The van der Waals surface area contributed by atoms with Crippen molar-refractivity contribution in [3.05, 3.63) is 80.0 Å². The molecule has 0 spiro atoms. The minimum atomic E-state index is -0.432. The number of carbonyl (C=O) groups excluding carboxylic acids is 1. The van der Waals surface area contributed by atoms with Gasteiger partial charge in [-0.3, -0.25) is 14.4 Å². The minimum Gasteiger partial charge on any atom is -0.450 e. The Morgan fingerprint density at radius 3 is 2.37 bits per heavy atom. The summed E-state index contributed by atoms with van der Waals surface area (Å²) in [6.45, 7) is 9.37. The maximum absolute atomic E-state index is 14.1. The summed E-state index contributed by atoms with van der Waals surface area (Å²) in [5, 5.41) is 0.489. The van der Waals surface area contributed by atoms with Gasteiger partial charge in [0, 0.05) is 55.6 Å². The van der Waals surface area contributed by atoms with Gasteiger partial charge < -0.3 is 23.8 Å². The van der Waals surface area contributed by atoms with Crippen molar-refractivity contribution in [1.29, 1.82) is 0 Å². The fraction of sp³-hybridized carbons (Fsp3) is 0.345. The molecule has 3 heterocycles. The number of pyridine rings is 2. The zero-order chi connectivity index (χ0) is 28.1. The molecular weight excluding hydrogens is 487 g/mol. The van der Waals surface area contributed by atoms with Crippen molar-refractivity contribution < 1.29 is 13.9 Å². The molecule has 0 aliphatic carbocycles. The molecular formula is C29H33FN4O4. The molecule has 38 heavy (non-hydrogen) atoms. The molecule has 1 amide bonds. The highest BCUT2D eigenvalue weighted by molar-refractivity contribution is 6.03. The van der Waals surface area contributed by atoms with E-state index in [4.69, 9.17) is 4.74 Å². The number of fused-ring (bicyclic) bond motifs is 1. The smallest absolute Gasteiger partial charge is 0.293 e. The molecule has 9 heteroatoms. The lowest BCUT2D eigenvalue weighted by atomic mass is 10.0. The van der Waals surface area contributed by atoms with Crippen LogP contribution in [0.4, 0.5) is 4.39 Å². The quantitative estimate of drug-likeness (QED) is 0.405. The number of carbonyl (C=O) groups is 1. The number of nitrogens with zero attached hydrogens (tertiary/aromatic N) is 3. The summed E-state index contributed by atoms with van der Waals surface area (Å²) >= 11 is 0. The largest absolute Gasteiger partial charge is 0.450 e. The number of rotatable bonds is 5. The Balaban J connectivity index is 1.98. The van der Waals surface area contributed by atoms with Gasteiger partial charge in [0.15, 0.2) is 5.75 Å². The maximum Gasteiger partial charge on any atom is 0.293 e. The van der Waals surface area contributed by atoms with E-state index < -0.39 is 11.1 Å². The van der Waals surface area contributed by atoms with Crippen molar-refractivity contribution in [2.75, 3.05) is 7.05 Å². The number of benzene rings is 1. The molecule has 4 aromatic rings. The van der Waals surface area contributed by atoms with Gasteiger partial charge in [-0.25, -0.2) is 4.39 Å². The van der Waals surface area contributed by atoms with Crippen LogP contribution in [0, 0.1) is 12.7 Å². The maximum atomic E-state index is 14.1. The summed E-state index contributed by atoms with van der Waals surface area (Å²) in [4.78, 5) is 44.2. The molecule has 1 N–H and O–H groups in total. The van der Waals surface area contributed by atoms with Crippen LogP contribution >= 0.6 is 0 Å². The zero-order valence-corrected chi connectivity index (χ0v) is 23.0. The van der Waals surface area contributed by atoms with Gasteiger partial charge in [0.1, 0.15) is 22.8 Å². The highest BCUT2D eigenvalue weighted by Gasteiger charge is 2.27. The number of hydrogen-bond donors (Lipinski definition) is 1. The van der Waals surface area contributed by atoms with E-state index in [-0.39, 0.29) is 34.2 Å². The van der Waals surface area contributed by atoms with Crippen LogP contribution in [0.3, 0.4) is 0 Å². The Hall–Kier alpha value is -4.14. The van der Waals surface area contributed by atoms with Crippen molar-refractivity contribution in [2.45, 2.75) is 46.6 Å². The second-order valence-electron chi connectivity index (χ2n) is 10.6. The molecule has 0 atom stereocenters. The SMILES string of the molecule is CCc1cc(F)cc(C)c1Oc1c(-c2cn(C)c(=O)c3[nH]c(C(=O)N(C)C(C)(C)C)cc23)ccn(C)c1=O. The lowest BCUT2D eigenvalue weighted by molar-refractivity contribution is 0.0650. The normalized spacial score (nSPS) is 11.7. The van der Waals surface area contributed by atoms with Crippen molar-refractivity contribution >= 4 is 16.8 Å². The van der Waals surface area contributed by atoms with Crippen LogP contribution in [-0.2, 0) is 20.5 Å². The average Bonchev–Trinajstić information content (AvgIpc) is 3.30. The van der Waals surface area contributed by atoms with E-state index in [1.165, 1.54) is 21.3 Å². The van der Waals surface area contributed by atoms with Gasteiger partial charge in [0.2, 0.25) is 0 Å². The van der Waals surface area contributed by atoms with Crippen molar-refractivity contribution in [3.63, 3.8) is 0 Å². The molecule has 0 aliphatic heterocycles. The molecule has 200 valence electrons. The first-order valence-electron chi connectivity index (χ1n) is 12.4. The molecule has 0 fully saturated rings. The van der Waals surface area contributed by atoms with Gasteiger partial charge in [0.05, 0.1) is 0 Å². The Morgan fingerprint density at radius 1 is 1.05 bits per heavy atom. The van der Waals surface area contributed by atoms with E-state index in [0.717, 1.165) is 0 Å². The van der Waals surface area contributed by atoms with Gasteiger partial charge in [-0.2, -0.15) is 0 Å². The molecule has 0 saturated heterocycles. The Morgan fingerprint density at radius 2 is 1.74 bits per heavy atom. The third-order valence-electron chi connectivity index (χ3n) is 6.92. The summed E-state index contributed by atoms with van der Waals surface area (Å²) in [6.07, 6.45) is 3.75. The van der Waals surface area contributed by atoms with E-state index in [1.807, 2.05) is 27.7 Å². The van der Waals surface area contributed by atoms with Gasteiger partial charge >= 0.3 is 0 Å². The fourth-order valence-electron chi connectivity index (χ4n) is 4.37. The van der Waals surface area contributed by atoms with Gasteiger partial charge in [0.25, 0.3) is 17.0 Å².